The highest BCUT2D eigenvalue weighted by Crippen LogP contribution is 2.71. The van der Waals surface area contributed by atoms with Gasteiger partial charge in [-0.25, -0.2) is 0 Å². The van der Waals surface area contributed by atoms with Crippen molar-refractivity contribution in [1.82, 2.24) is 0 Å². The summed E-state index contributed by atoms with van der Waals surface area (Å²) in [6.07, 6.45) is -26.9. The van der Waals surface area contributed by atoms with Crippen LogP contribution < -0.4 is 0 Å². The van der Waals surface area contributed by atoms with E-state index in [0.717, 1.165) is 58.0 Å². The van der Waals surface area contributed by atoms with Crippen LogP contribution in [0.3, 0.4) is 0 Å². The van der Waals surface area contributed by atoms with Gasteiger partial charge in [0.05, 0.1) is 51.3 Å². The minimum atomic E-state index is -1.97. The van der Waals surface area contributed by atoms with Crippen LogP contribution in [0.1, 0.15) is 98.8 Å². The Bertz CT molecular complexity index is 2070. The standard InChI is InChI=1S/C55H90O25/c1-21-8-13-55(71-18-21)22(2)34-30(80-55)15-28-26-7-6-24-14-25(9-11-53(24,4)27(26)10-12-54(28,34)5)73-50-42(66)38(62)45(23(3)72-50)77-52-44(68)47(37(61)31(16-56)74-52)79-49-41(65)36(60)33(20-70-49)76-51-43(67)39(63)46(32(17-57)75-51)78-48-40(64)35(59)29(58)19-69-48/h21-52,56-68H,6-20H2,1-5H3. The van der Waals surface area contributed by atoms with Gasteiger partial charge in [0.15, 0.2) is 37.2 Å². The molecule has 0 bridgehead atoms. The zero-order valence-corrected chi connectivity index (χ0v) is 46.3. The Hall–Kier alpha value is -1.00. The van der Waals surface area contributed by atoms with Gasteiger partial charge >= 0.3 is 0 Å². The Morgan fingerprint density at radius 3 is 1.80 bits per heavy atom. The first-order chi connectivity index (χ1) is 38.0. The Kier molecular flexibility index (Phi) is 17.9. The maximum atomic E-state index is 11.6. The molecule has 0 aromatic rings. The molecule has 7 heterocycles. The van der Waals surface area contributed by atoms with Crippen molar-refractivity contribution in [2.45, 2.75) is 258 Å². The molecule has 25 heteroatoms. The third-order valence-electron chi connectivity index (χ3n) is 21.7. The molecule has 4 saturated carbocycles. The highest BCUT2D eigenvalue weighted by atomic mass is 16.8. The fourth-order valence-corrected chi connectivity index (χ4v) is 17.1. The monoisotopic (exact) mass is 1150 g/mol. The van der Waals surface area contributed by atoms with E-state index in [1.54, 1.807) is 6.92 Å². The molecule has 0 amide bonds. The van der Waals surface area contributed by atoms with Crippen LogP contribution in [0, 0.1) is 52.3 Å². The number of fused-ring (bicyclic) bond motifs is 7. The molecule has 0 radical (unpaired) electrons. The summed E-state index contributed by atoms with van der Waals surface area (Å²) >= 11 is 0. The van der Waals surface area contributed by atoms with Crippen molar-refractivity contribution in [3.05, 3.63) is 0 Å². The van der Waals surface area contributed by atoms with Crippen LogP contribution in [-0.2, 0) is 56.8 Å². The van der Waals surface area contributed by atoms with Gasteiger partial charge in [0.25, 0.3) is 0 Å². The van der Waals surface area contributed by atoms with Crippen molar-refractivity contribution in [2.75, 3.05) is 33.0 Å². The van der Waals surface area contributed by atoms with E-state index < -0.39 is 174 Å². The van der Waals surface area contributed by atoms with Gasteiger partial charge in [-0.1, -0.05) is 27.7 Å². The molecule has 11 fully saturated rings. The molecule has 7 aliphatic heterocycles. The van der Waals surface area contributed by atoms with Gasteiger partial charge in [0.1, 0.15) is 104 Å². The number of hydrogen-bond donors (Lipinski definition) is 13. The lowest BCUT2D eigenvalue weighted by molar-refractivity contribution is -0.383. The van der Waals surface area contributed by atoms with E-state index in [-0.39, 0.29) is 23.0 Å². The third-order valence-corrected chi connectivity index (χ3v) is 21.7. The third kappa shape index (κ3) is 10.6. The molecule has 25 nitrogen and oxygen atoms in total. The molecule has 1 spiro atoms. The predicted molar refractivity (Wildman–Crippen MR) is 267 cm³/mol. The molecule has 35 atom stereocenters. The van der Waals surface area contributed by atoms with Crippen molar-refractivity contribution < 1.29 is 123 Å². The minimum absolute atomic E-state index is 0.142. The summed E-state index contributed by atoms with van der Waals surface area (Å²) in [6.45, 7) is 9.45. The highest BCUT2D eigenvalue weighted by molar-refractivity contribution is 5.16. The van der Waals surface area contributed by atoms with E-state index in [9.17, 15) is 66.4 Å². The van der Waals surface area contributed by atoms with E-state index in [1.807, 2.05) is 0 Å². The quantitative estimate of drug-likeness (QED) is 0.0879. The zero-order chi connectivity index (χ0) is 57.1. The first-order valence-corrected chi connectivity index (χ1v) is 29.5. The van der Waals surface area contributed by atoms with Crippen molar-refractivity contribution in [3.8, 4) is 0 Å². The Morgan fingerprint density at radius 1 is 0.487 bits per heavy atom. The van der Waals surface area contributed by atoms with Gasteiger partial charge in [-0.05, 0) is 111 Å². The zero-order valence-electron chi connectivity index (χ0n) is 46.3. The summed E-state index contributed by atoms with van der Waals surface area (Å²) < 4.78 is 71.8. The maximum absolute atomic E-state index is 11.6. The lowest BCUT2D eigenvalue weighted by Gasteiger charge is -2.61. The molecule has 11 aliphatic rings. The minimum Gasteiger partial charge on any atom is -0.394 e. The average molecular weight is 1150 g/mol. The largest absolute Gasteiger partial charge is 0.394 e. The molecule has 35 unspecified atom stereocenters. The lowest BCUT2D eigenvalue weighted by atomic mass is 9.44. The van der Waals surface area contributed by atoms with Gasteiger partial charge in [0, 0.05) is 12.3 Å². The van der Waals surface area contributed by atoms with E-state index in [1.165, 1.54) is 12.8 Å². The van der Waals surface area contributed by atoms with E-state index in [4.69, 9.17) is 56.8 Å². The van der Waals surface area contributed by atoms with Crippen molar-refractivity contribution in [1.29, 1.82) is 0 Å². The van der Waals surface area contributed by atoms with Crippen LogP contribution >= 0.6 is 0 Å². The SMILES string of the molecule is CC1CCC2(OC1)OC1CC3C4CCC5CC(OC6OC(C)C(OC7OC(CO)C(O)C(OC8OCC(OC9OC(CO)C(OC%10OCC(O)C(O)C%10O)C(O)C9O)C(O)C8O)C7O)C(O)C6O)CCC5(C)C4CCC3(C)C1C2C. The Morgan fingerprint density at radius 2 is 1.10 bits per heavy atom. The summed E-state index contributed by atoms with van der Waals surface area (Å²) in [4.78, 5) is 0. The molecule has 80 heavy (non-hydrogen) atoms. The summed E-state index contributed by atoms with van der Waals surface area (Å²) in [5, 5.41) is 141. The van der Waals surface area contributed by atoms with Crippen LogP contribution in [-0.4, -0.2) is 259 Å². The smallest absolute Gasteiger partial charge is 0.187 e. The topological polar surface area (TPSA) is 374 Å². The molecule has 13 N–H and O–H groups in total. The lowest BCUT2D eigenvalue weighted by Crippen LogP contribution is -2.66. The fourth-order valence-electron chi connectivity index (χ4n) is 17.1. The molecular formula is C55H90O25. The van der Waals surface area contributed by atoms with Crippen molar-refractivity contribution >= 4 is 0 Å². The second-order valence-corrected chi connectivity index (χ2v) is 26.2. The van der Waals surface area contributed by atoms with Crippen molar-refractivity contribution in [2.24, 2.45) is 52.3 Å². The fraction of sp³-hybridized carbons (Fsp3) is 1.00. The predicted octanol–water partition coefficient (Wildman–Crippen LogP) is -2.78. The normalized spacial score (nSPS) is 58.1. The molecule has 460 valence electrons. The van der Waals surface area contributed by atoms with E-state index in [2.05, 4.69) is 27.7 Å². The second kappa shape index (κ2) is 23.6. The molecule has 0 aromatic heterocycles. The van der Waals surface area contributed by atoms with Crippen molar-refractivity contribution in [3.63, 3.8) is 0 Å². The Labute approximate surface area is 465 Å². The summed E-state index contributed by atoms with van der Waals surface area (Å²) in [6, 6.07) is 0. The summed E-state index contributed by atoms with van der Waals surface area (Å²) in [7, 11) is 0. The van der Waals surface area contributed by atoms with Gasteiger partial charge in [0.2, 0.25) is 0 Å². The molecular weight excluding hydrogens is 1060 g/mol. The van der Waals surface area contributed by atoms with E-state index >= 15 is 0 Å². The number of aliphatic hydroxyl groups excluding tert-OH is 13. The molecule has 7 saturated heterocycles. The highest BCUT2D eigenvalue weighted by Gasteiger charge is 2.69. The molecule has 11 rings (SSSR count). The van der Waals surface area contributed by atoms with Crippen LogP contribution in [0.2, 0.25) is 0 Å². The number of rotatable bonds is 12. The van der Waals surface area contributed by atoms with Crippen LogP contribution in [0.4, 0.5) is 0 Å². The number of ether oxygens (including phenoxy) is 12. The van der Waals surface area contributed by atoms with Crippen LogP contribution in [0.5, 0.6) is 0 Å². The maximum Gasteiger partial charge on any atom is 0.187 e. The van der Waals surface area contributed by atoms with Gasteiger partial charge in [-0.2, -0.15) is 0 Å². The van der Waals surface area contributed by atoms with Gasteiger partial charge in [-0.3, -0.25) is 0 Å². The van der Waals surface area contributed by atoms with Gasteiger partial charge < -0.3 is 123 Å². The average Bonchev–Trinajstić information content (AvgIpc) is 4.13. The summed E-state index contributed by atoms with van der Waals surface area (Å²) in [5.41, 5.74) is 0.367. The molecule has 4 aliphatic carbocycles. The first kappa shape index (κ1) is 60.7. The van der Waals surface area contributed by atoms with E-state index in [0.29, 0.717) is 41.4 Å². The Balaban J connectivity index is 0.665. The van der Waals surface area contributed by atoms with Crippen LogP contribution in [0.25, 0.3) is 0 Å². The second-order valence-electron chi connectivity index (χ2n) is 26.2. The number of aliphatic hydroxyl groups is 13. The number of hydrogen-bond acceptors (Lipinski definition) is 25. The van der Waals surface area contributed by atoms with Crippen LogP contribution in [0.15, 0.2) is 0 Å². The van der Waals surface area contributed by atoms with Gasteiger partial charge in [-0.15, -0.1) is 0 Å². The summed E-state index contributed by atoms with van der Waals surface area (Å²) in [5.74, 6) is 3.28. The first-order valence-electron chi connectivity index (χ1n) is 29.5. The molecule has 0 aromatic carbocycles.